The Labute approximate surface area is 133 Å². The summed E-state index contributed by atoms with van der Waals surface area (Å²) in [4.78, 5) is 12.0. The van der Waals surface area contributed by atoms with Crippen molar-refractivity contribution in [3.05, 3.63) is 35.9 Å². The van der Waals surface area contributed by atoms with E-state index < -0.39 is 0 Å². The van der Waals surface area contributed by atoms with Crippen molar-refractivity contribution in [1.82, 2.24) is 10.6 Å². The van der Waals surface area contributed by atoms with Gasteiger partial charge in [0, 0.05) is 19.2 Å². The van der Waals surface area contributed by atoms with Gasteiger partial charge in [0.05, 0.1) is 6.54 Å². The van der Waals surface area contributed by atoms with Crippen LogP contribution in [0.1, 0.15) is 50.1 Å². The van der Waals surface area contributed by atoms with E-state index in [1.54, 1.807) is 0 Å². The minimum absolute atomic E-state index is 0.0200. The zero-order valence-electron chi connectivity index (χ0n) is 13.3. The number of benzene rings is 1. The zero-order chi connectivity index (χ0) is 15.6. The smallest absolute Gasteiger partial charge is 0.233 e. The van der Waals surface area contributed by atoms with Crippen molar-refractivity contribution in [3.8, 4) is 0 Å². The van der Waals surface area contributed by atoms with Crippen molar-refractivity contribution in [2.45, 2.75) is 44.6 Å². The second-order valence-corrected chi connectivity index (χ2v) is 6.16. The van der Waals surface area contributed by atoms with E-state index in [0.29, 0.717) is 18.9 Å². The Morgan fingerprint density at radius 2 is 1.91 bits per heavy atom. The molecule has 1 aliphatic rings. The Morgan fingerprint density at radius 1 is 1.18 bits per heavy atom. The van der Waals surface area contributed by atoms with Crippen LogP contribution in [0.3, 0.4) is 0 Å². The van der Waals surface area contributed by atoms with Crippen LogP contribution in [0.4, 0.5) is 0 Å². The van der Waals surface area contributed by atoms with E-state index in [4.69, 9.17) is 0 Å². The summed E-state index contributed by atoms with van der Waals surface area (Å²) < 4.78 is 0. The molecule has 2 rings (SSSR count). The van der Waals surface area contributed by atoms with Gasteiger partial charge >= 0.3 is 0 Å². The van der Waals surface area contributed by atoms with Gasteiger partial charge in [-0.1, -0.05) is 49.6 Å². The molecule has 0 radical (unpaired) electrons. The second-order valence-electron chi connectivity index (χ2n) is 6.16. The molecule has 0 spiro atoms. The van der Waals surface area contributed by atoms with E-state index in [0.717, 1.165) is 12.1 Å². The van der Waals surface area contributed by atoms with Crippen LogP contribution < -0.4 is 10.6 Å². The maximum Gasteiger partial charge on any atom is 0.233 e. The fourth-order valence-electron chi connectivity index (χ4n) is 3.13. The lowest BCUT2D eigenvalue weighted by molar-refractivity contribution is -0.120. The van der Waals surface area contributed by atoms with Crippen LogP contribution in [0.25, 0.3) is 0 Å². The van der Waals surface area contributed by atoms with Crippen LogP contribution in [0.2, 0.25) is 0 Å². The normalized spacial score (nSPS) is 17.1. The highest BCUT2D eigenvalue weighted by Gasteiger charge is 2.15. The van der Waals surface area contributed by atoms with Crippen LogP contribution in [0, 0.1) is 5.92 Å². The van der Waals surface area contributed by atoms with Crippen molar-refractivity contribution >= 4 is 5.91 Å². The third-order valence-electron chi connectivity index (χ3n) is 4.44. The quantitative estimate of drug-likeness (QED) is 0.691. The lowest BCUT2D eigenvalue weighted by Crippen LogP contribution is -2.38. The molecule has 1 unspecified atom stereocenters. The van der Waals surface area contributed by atoms with Crippen molar-refractivity contribution in [2.24, 2.45) is 5.92 Å². The number of aliphatic hydroxyl groups is 1. The molecule has 0 aliphatic heterocycles. The average molecular weight is 304 g/mol. The van der Waals surface area contributed by atoms with Gasteiger partial charge in [-0.3, -0.25) is 4.79 Å². The lowest BCUT2D eigenvalue weighted by Gasteiger charge is -2.22. The maximum atomic E-state index is 12.0. The van der Waals surface area contributed by atoms with Gasteiger partial charge in [0.15, 0.2) is 0 Å². The van der Waals surface area contributed by atoms with Gasteiger partial charge < -0.3 is 15.7 Å². The molecular formula is C18H28N2O2. The molecular weight excluding hydrogens is 276 g/mol. The number of nitrogens with one attached hydrogen (secondary N) is 2. The van der Waals surface area contributed by atoms with Crippen molar-refractivity contribution in [2.75, 3.05) is 19.7 Å². The van der Waals surface area contributed by atoms with Crippen LogP contribution in [0.5, 0.6) is 0 Å². The number of carbonyl (C=O) groups excluding carboxylic acids is 1. The second kappa shape index (κ2) is 9.59. The minimum atomic E-state index is 0.0200. The van der Waals surface area contributed by atoms with Gasteiger partial charge in [-0.15, -0.1) is 0 Å². The molecule has 22 heavy (non-hydrogen) atoms. The molecule has 1 atom stereocenters. The molecule has 3 N–H and O–H groups in total. The number of hydrogen-bond acceptors (Lipinski definition) is 3. The molecule has 0 aromatic heterocycles. The molecule has 1 saturated carbocycles. The highest BCUT2D eigenvalue weighted by molar-refractivity contribution is 5.78. The Kier molecular flexibility index (Phi) is 7.40. The molecule has 122 valence electrons. The first-order chi connectivity index (χ1) is 10.8. The monoisotopic (exact) mass is 304 g/mol. The van der Waals surface area contributed by atoms with Crippen LogP contribution in [-0.4, -0.2) is 30.7 Å². The van der Waals surface area contributed by atoms with E-state index >= 15 is 0 Å². The van der Waals surface area contributed by atoms with E-state index in [2.05, 4.69) is 10.6 Å². The summed E-state index contributed by atoms with van der Waals surface area (Å²) in [5.74, 6) is 0.699. The van der Waals surface area contributed by atoms with Crippen molar-refractivity contribution in [3.63, 3.8) is 0 Å². The van der Waals surface area contributed by atoms with E-state index in [-0.39, 0.29) is 18.6 Å². The predicted octanol–water partition coefficient (Wildman–Crippen LogP) is 2.40. The maximum absolute atomic E-state index is 12.0. The average Bonchev–Trinajstić information content (AvgIpc) is 2.58. The molecule has 4 heteroatoms. The SMILES string of the molecule is O=C(CNC(CCO)c1ccccc1)NCC1CCCCC1. The van der Waals surface area contributed by atoms with Gasteiger partial charge in [-0.05, 0) is 30.7 Å². The molecule has 0 bridgehead atoms. The first kappa shape index (κ1) is 17.0. The first-order valence-corrected chi connectivity index (χ1v) is 8.45. The number of amides is 1. The van der Waals surface area contributed by atoms with Gasteiger partial charge in [0.25, 0.3) is 0 Å². The summed E-state index contributed by atoms with van der Waals surface area (Å²) in [5.41, 5.74) is 1.11. The Balaban J connectivity index is 1.73. The highest BCUT2D eigenvalue weighted by Crippen LogP contribution is 2.22. The topological polar surface area (TPSA) is 61.4 Å². The van der Waals surface area contributed by atoms with Gasteiger partial charge in [-0.25, -0.2) is 0 Å². The summed E-state index contributed by atoms with van der Waals surface area (Å²) in [6.07, 6.45) is 7.03. The molecule has 1 fully saturated rings. The van der Waals surface area contributed by atoms with Gasteiger partial charge in [0.1, 0.15) is 0 Å². The molecule has 0 saturated heterocycles. The number of aliphatic hydroxyl groups excluding tert-OH is 1. The Bertz CT molecular complexity index is 430. The van der Waals surface area contributed by atoms with Crippen LogP contribution >= 0.6 is 0 Å². The van der Waals surface area contributed by atoms with Crippen molar-refractivity contribution < 1.29 is 9.90 Å². The predicted molar refractivity (Wildman–Crippen MR) is 88.5 cm³/mol. The first-order valence-electron chi connectivity index (χ1n) is 8.45. The fourth-order valence-corrected chi connectivity index (χ4v) is 3.13. The summed E-state index contributed by atoms with van der Waals surface area (Å²) in [5, 5.41) is 15.5. The Morgan fingerprint density at radius 3 is 2.59 bits per heavy atom. The van der Waals surface area contributed by atoms with Crippen LogP contribution in [-0.2, 0) is 4.79 Å². The summed E-state index contributed by atoms with van der Waals surface area (Å²) in [7, 11) is 0. The van der Waals surface area contributed by atoms with Crippen LogP contribution in [0.15, 0.2) is 30.3 Å². The Hall–Kier alpha value is -1.39. The third kappa shape index (κ3) is 5.78. The lowest BCUT2D eigenvalue weighted by atomic mass is 9.89. The summed E-state index contributed by atoms with van der Waals surface area (Å²) in [6, 6.07) is 9.98. The molecule has 1 amide bonds. The van der Waals surface area contributed by atoms with Gasteiger partial charge in [-0.2, -0.15) is 0 Å². The summed E-state index contributed by atoms with van der Waals surface area (Å²) >= 11 is 0. The minimum Gasteiger partial charge on any atom is -0.396 e. The van der Waals surface area contributed by atoms with E-state index in [1.165, 1.54) is 32.1 Å². The van der Waals surface area contributed by atoms with E-state index in [1.807, 2.05) is 30.3 Å². The highest BCUT2D eigenvalue weighted by atomic mass is 16.3. The van der Waals surface area contributed by atoms with E-state index in [9.17, 15) is 9.90 Å². The zero-order valence-corrected chi connectivity index (χ0v) is 13.3. The number of rotatable bonds is 8. The molecule has 1 aromatic rings. The third-order valence-corrected chi connectivity index (χ3v) is 4.44. The fraction of sp³-hybridized carbons (Fsp3) is 0.611. The number of hydrogen-bond donors (Lipinski definition) is 3. The molecule has 1 aliphatic carbocycles. The van der Waals surface area contributed by atoms with Gasteiger partial charge in [0.2, 0.25) is 5.91 Å². The number of carbonyl (C=O) groups is 1. The molecule has 0 heterocycles. The standard InChI is InChI=1S/C18H28N2O2/c21-12-11-17(16-9-5-2-6-10-16)19-14-18(22)20-13-15-7-3-1-4-8-15/h2,5-6,9-10,15,17,19,21H,1,3-4,7-8,11-14H2,(H,20,22). The van der Waals surface area contributed by atoms with Crippen molar-refractivity contribution in [1.29, 1.82) is 0 Å². The summed E-state index contributed by atoms with van der Waals surface area (Å²) in [6.45, 7) is 1.21. The molecule has 1 aromatic carbocycles. The molecule has 4 nitrogen and oxygen atoms in total. The largest absolute Gasteiger partial charge is 0.396 e.